The van der Waals surface area contributed by atoms with Crippen molar-refractivity contribution in [2.45, 2.75) is 46.2 Å². The lowest BCUT2D eigenvalue weighted by Crippen LogP contribution is -2.45. The zero-order valence-electron chi connectivity index (χ0n) is 11.6. The summed E-state index contributed by atoms with van der Waals surface area (Å²) < 4.78 is 1.72. The summed E-state index contributed by atoms with van der Waals surface area (Å²) >= 11 is 0. The third-order valence-corrected chi connectivity index (χ3v) is 3.28. The Balaban J connectivity index is 2.49. The molecule has 0 aliphatic heterocycles. The van der Waals surface area contributed by atoms with Gasteiger partial charge in [0.2, 0.25) is 5.91 Å². The van der Waals surface area contributed by atoms with Crippen LogP contribution in [0, 0.1) is 12.8 Å². The second-order valence-corrected chi connectivity index (χ2v) is 4.71. The van der Waals surface area contributed by atoms with Crippen molar-refractivity contribution >= 4 is 11.9 Å². The first-order chi connectivity index (χ1) is 8.95. The van der Waals surface area contributed by atoms with Crippen molar-refractivity contribution in [3.8, 4) is 0 Å². The Morgan fingerprint density at radius 2 is 2.21 bits per heavy atom. The Kier molecular flexibility index (Phi) is 5.54. The lowest BCUT2D eigenvalue weighted by molar-refractivity contribution is -0.143. The minimum Gasteiger partial charge on any atom is -0.480 e. The van der Waals surface area contributed by atoms with Gasteiger partial charge in [0, 0.05) is 24.9 Å². The summed E-state index contributed by atoms with van der Waals surface area (Å²) in [7, 11) is 0. The molecule has 0 bridgehead atoms. The average Bonchev–Trinajstić information content (AvgIpc) is 2.77. The first-order valence-corrected chi connectivity index (χ1v) is 6.46. The molecule has 1 rings (SSSR count). The molecule has 1 amide bonds. The van der Waals surface area contributed by atoms with Crippen molar-refractivity contribution in [1.29, 1.82) is 0 Å². The summed E-state index contributed by atoms with van der Waals surface area (Å²) in [6.45, 7) is 6.08. The molecule has 1 aromatic heterocycles. The van der Waals surface area contributed by atoms with Crippen molar-refractivity contribution in [2.24, 2.45) is 5.92 Å². The van der Waals surface area contributed by atoms with Crippen LogP contribution in [0.15, 0.2) is 12.3 Å². The predicted molar refractivity (Wildman–Crippen MR) is 70.6 cm³/mol. The van der Waals surface area contributed by atoms with Crippen LogP contribution in [0.2, 0.25) is 0 Å². The van der Waals surface area contributed by atoms with Crippen LogP contribution in [-0.4, -0.2) is 32.8 Å². The molecule has 2 atom stereocenters. The van der Waals surface area contributed by atoms with Crippen molar-refractivity contribution in [2.75, 3.05) is 0 Å². The third kappa shape index (κ3) is 4.39. The van der Waals surface area contributed by atoms with Gasteiger partial charge in [-0.05, 0) is 18.9 Å². The largest absolute Gasteiger partial charge is 0.480 e. The molecule has 0 aliphatic rings. The number of aliphatic carboxylic acids is 1. The molecular weight excluding hydrogens is 246 g/mol. The van der Waals surface area contributed by atoms with Gasteiger partial charge in [-0.25, -0.2) is 4.79 Å². The maximum atomic E-state index is 11.8. The van der Waals surface area contributed by atoms with E-state index in [1.807, 2.05) is 26.8 Å². The number of carbonyl (C=O) groups excluding carboxylic acids is 1. The van der Waals surface area contributed by atoms with E-state index >= 15 is 0 Å². The van der Waals surface area contributed by atoms with Crippen LogP contribution in [0.4, 0.5) is 0 Å². The fourth-order valence-electron chi connectivity index (χ4n) is 1.77. The number of carbonyl (C=O) groups is 2. The Morgan fingerprint density at radius 1 is 1.53 bits per heavy atom. The molecule has 0 aliphatic carbocycles. The SMILES string of the molecule is CC[C@H](C)[C@H](NC(=O)CCn1nccc1C)C(=O)O. The van der Waals surface area contributed by atoms with Gasteiger partial charge in [0.1, 0.15) is 6.04 Å². The second-order valence-electron chi connectivity index (χ2n) is 4.71. The highest BCUT2D eigenvalue weighted by molar-refractivity contribution is 5.83. The first kappa shape index (κ1) is 15.2. The number of hydrogen-bond acceptors (Lipinski definition) is 3. The second kappa shape index (κ2) is 6.92. The zero-order valence-corrected chi connectivity index (χ0v) is 11.6. The third-order valence-electron chi connectivity index (χ3n) is 3.28. The number of aromatic nitrogens is 2. The highest BCUT2D eigenvalue weighted by atomic mass is 16.4. The van der Waals surface area contributed by atoms with Gasteiger partial charge in [-0.3, -0.25) is 9.48 Å². The van der Waals surface area contributed by atoms with Gasteiger partial charge < -0.3 is 10.4 Å². The van der Waals surface area contributed by atoms with Crippen LogP contribution in [0.25, 0.3) is 0 Å². The van der Waals surface area contributed by atoms with E-state index in [2.05, 4.69) is 10.4 Å². The summed E-state index contributed by atoms with van der Waals surface area (Å²) in [5, 5.41) is 15.7. The van der Waals surface area contributed by atoms with Crippen LogP contribution in [0.5, 0.6) is 0 Å². The number of nitrogens with zero attached hydrogens (tertiary/aromatic N) is 2. The Morgan fingerprint density at radius 3 is 2.68 bits per heavy atom. The maximum Gasteiger partial charge on any atom is 0.326 e. The summed E-state index contributed by atoms with van der Waals surface area (Å²) in [6.07, 6.45) is 2.60. The molecule has 1 heterocycles. The van der Waals surface area contributed by atoms with Gasteiger partial charge in [0.05, 0.1) is 0 Å². The molecule has 0 saturated heterocycles. The summed E-state index contributed by atoms with van der Waals surface area (Å²) in [6, 6.07) is 1.04. The van der Waals surface area contributed by atoms with Crippen LogP contribution in [-0.2, 0) is 16.1 Å². The van der Waals surface area contributed by atoms with E-state index < -0.39 is 12.0 Å². The normalized spacial score (nSPS) is 13.8. The van der Waals surface area contributed by atoms with Gasteiger partial charge >= 0.3 is 5.97 Å². The molecule has 0 aromatic carbocycles. The average molecular weight is 267 g/mol. The van der Waals surface area contributed by atoms with E-state index in [1.165, 1.54) is 0 Å². The standard InChI is InChI=1S/C13H21N3O3/c1-4-9(2)12(13(18)19)15-11(17)6-8-16-10(3)5-7-14-16/h5,7,9,12H,4,6,8H2,1-3H3,(H,15,17)(H,18,19)/t9-,12-/m0/s1. The zero-order chi connectivity index (χ0) is 14.4. The number of rotatable bonds is 7. The van der Waals surface area contributed by atoms with Crippen LogP contribution in [0.3, 0.4) is 0 Å². The van der Waals surface area contributed by atoms with Gasteiger partial charge in [-0.1, -0.05) is 20.3 Å². The minimum absolute atomic E-state index is 0.0899. The van der Waals surface area contributed by atoms with Crippen molar-refractivity contribution in [1.82, 2.24) is 15.1 Å². The number of hydrogen-bond donors (Lipinski definition) is 2. The Hall–Kier alpha value is -1.85. The summed E-state index contributed by atoms with van der Waals surface area (Å²) in [4.78, 5) is 22.9. The van der Waals surface area contributed by atoms with Crippen molar-refractivity contribution < 1.29 is 14.7 Å². The maximum absolute atomic E-state index is 11.8. The van der Waals surface area contributed by atoms with E-state index in [0.717, 1.165) is 5.69 Å². The van der Waals surface area contributed by atoms with Crippen molar-refractivity contribution in [3.63, 3.8) is 0 Å². The highest BCUT2D eigenvalue weighted by Gasteiger charge is 2.24. The summed E-state index contributed by atoms with van der Waals surface area (Å²) in [5.74, 6) is -1.34. The highest BCUT2D eigenvalue weighted by Crippen LogP contribution is 2.08. The van der Waals surface area contributed by atoms with Crippen molar-refractivity contribution in [3.05, 3.63) is 18.0 Å². The lowest BCUT2D eigenvalue weighted by Gasteiger charge is -2.20. The van der Waals surface area contributed by atoms with Gasteiger partial charge in [0.15, 0.2) is 0 Å². The van der Waals surface area contributed by atoms with Crippen LogP contribution >= 0.6 is 0 Å². The fourth-order valence-corrected chi connectivity index (χ4v) is 1.77. The van der Waals surface area contributed by atoms with Gasteiger partial charge in [0.25, 0.3) is 0 Å². The number of aryl methyl sites for hydroxylation is 2. The number of carboxylic acids is 1. The molecule has 2 N–H and O–H groups in total. The van der Waals surface area contributed by atoms with E-state index in [-0.39, 0.29) is 18.2 Å². The monoisotopic (exact) mass is 267 g/mol. The number of nitrogens with one attached hydrogen (secondary N) is 1. The van der Waals surface area contributed by atoms with E-state index in [4.69, 9.17) is 5.11 Å². The quantitative estimate of drug-likeness (QED) is 0.777. The van der Waals surface area contributed by atoms with E-state index in [0.29, 0.717) is 13.0 Å². The summed E-state index contributed by atoms with van der Waals surface area (Å²) in [5.41, 5.74) is 0.976. The molecule has 0 fully saturated rings. The van der Waals surface area contributed by atoms with Crippen LogP contribution < -0.4 is 5.32 Å². The molecule has 0 saturated carbocycles. The molecule has 0 radical (unpaired) electrons. The number of amides is 1. The molecule has 6 heteroatoms. The molecule has 106 valence electrons. The van der Waals surface area contributed by atoms with Crippen LogP contribution in [0.1, 0.15) is 32.4 Å². The molecule has 0 spiro atoms. The van der Waals surface area contributed by atoms with E-state index in [1.54, 1.807) is 10.9 Å². The smallest absolute Gasteiger partial charge is 0.326 e. The van der Waals surface area contributed by atoms with Gasteiger partial charge in [-0.2, -0.15) is 5.10 Å². The topological polar surface area (TPSA) is 84.2 Å². The molecule has 0 unspecified atom stereocenters. The molecular formula is C13H21N3O3. The molecule has 1 aromatic rings. The lowest BCUT2D eigenvalue weighted by atomic mass is 9.99. The number of carboxylic acid groups (broad SMARTS) is 1. The molecule has 6 nitrogen and oxygen atoms in total. The molecule has 19 heavy (non-hydrogen) atoms. The minimum atomic E-state index is -0.988. The first-order valence-electron chi connectivity index (χ1n) is 6.46. The predicted octanol–water partition coefficient (Wildman–Crippen LogP) is 1.20. The fraction of sp³-hybridized carbons (Fsp3) is 0.615. The Bertz CT molecular complexity index is 442. The van der Waals surface area contributed by atoms with Gasteiger partial charge in [-0.15, -0.1) is 0 Å². The Labute approximate surface area is 112 Å². The van der Waals surface area contributed by atoms with E-state index in [9.17, 15) is 9.59 Å².